The number of rotatable bonds is 4. The number of aromatic nitrogens is 1. The van der Waals surface area contributed by atoms with E-state index in [1.165, 1.54) is 0 Å². The number of phenols is 1. The van der Waals surface area contributed by atoms with E-state index in [-0.39, 0.29) is 17.4 Å². The van der Waals surface area contributed by atoms with Gasteiger partial charge in [0, 0.05) is 11.6 Å². The fourth-order valence-corrected chi connectivity index (χ4v) is 3.12. The van der Waals surface area contributed by atoms with E-state index in [4.69, 9.17) is 0 Å². The lowest BCUT2D eigenvalue weighted by atomic mass is 10.0. The van der Waals surface area contributed by atoms with Gasteiger partial charge in [-0.05, 0) is 48.6 Å². The summed E-state index contributed by atoms with van der Waals surface area (Å²) in [6.07, 6.45) is 1.99. The van der Waals surface area contributed by atoms with Crippen molar-refractivity contribution in [3.63, 3.8) is 0 Å². The van der Waals surface area contributed by atoms with Crippen LogP contribution in [0.5, 0.6) is 5.75 Å². The van der Waals surface area contributed by atoms with Crippen LogP contribution in [0.25, 0.3) is 22.0 Å². The van der Waals surface area contributed by atoms with Gasteiger partial charge in [-0.3, -0.25) is 4.79 Å². The predicted molar refractivity (Wildman–Crippen MR) is 94.9 cm³/mol. The molecule has 1 aromatic heterocycles. The van der Waals surface area contributed by atoms with Crippen LogP contribution in [0.4, 0.5) is 0 Å². The minimum atomic E-state index is 0.0235. The Labute approximate surface area is 135 Å². The monoisotopic (exact) mass is 307 g/mol. The van der Waals surface area contributed by atoms with E-state index in [1.807, 2.05) is 34.9 Å². The molecular weight excluding hydrogens is 286 g/mol. The molecule has 0 spiro atoms. The van der Waals surface area contributed by atoms with Crippen molar-refractivity contribution < 1.29 is 5.11 Å². The summed E-state index contributed by atoms with van der Waals surface area (Å²) in [7, 11) is 0. The number of pyridine rings is 1. The molecule has 3 nitrogen and oxygen atoms in total. The smallest absolute Gasteiger partial charge is 0.259 e. The lowest BCUT2D eigenvalue weighted by molar-refractivity contribution is 0.475. The fraction of sp³-hybridized carbons (Fsp3) is 0.250. The van der Waals surface area contributed by atoms with Gasteiger partial charge in [-0.15, -0.1) is 0 Å². The van der Waals surface area contributed by atoms with Crippen LogP contribution in [0.3, 0.4) is 0 Å². The van der Waals surface area contributed by atoms with E-state index < -0.39 is 0 Å². The van der Waals surface area contributed by atoms with Crippen molar-refractivity contribution in [3.05, 3.63) is 65.0 Å². The summed E-state index contributed by atoms with van der Waals surface area (Å²) in [6.45, 7) is 4.23. The van der Waals surface area contributed by atoms with Gasteiger partial charge in [-0.1, -0.05) is 43.7 Å². The zero-order valence-corrected chi connectivity index (χ0v) is 13.5. The van der Waals surface area contributed by atoms with E-state index >= 15 is 0 Å². The van der Waals surface area contributed by atoms with Crippen molar-refractivity contribution in [1.29, 1.82) is 0 Å². The highest BCUT2D eigenvalue weighted by atomic mass is 16.3. The topological polar surface area (TPSA) is 42.2 Å². The van der Waals surface area contributed by atoms with Gasteiger partial charge in [0.15, 0.2) is 0 Å². The standard InChI is InChI=1S/C20H21NO2/c1-3-6-14(2)21-19-8-5-4-7-16(19)13-18(20(21)23)15-9-11-17(22)12-10-15/h4-5,7-14,22H,3,6H2,1-2H3. The van der Waals surface area contributed by atoms with Crippen LogP contribution >= 0.6 is 0 Å². The third-order valence-electron chi connectivity index (χ3n) is 4.27. The van der Waals surface area contributed by atoms with Crippen molar-refractivity contribution in [1.82, 2.24) is 4.57 Å². The molecule has 1 heterocycles. The zero-order chi connectivity index (χ0) is 16.4. The third-order valence-corrected chi connectivity index (χ3v) is 4.27. The van der Waals surface area contributed by atoms with Gasteiger partial charge in [0.2, 0.25) is 0 Å². The Morgan fingerprint density at radius 1 is 1.09 bits per heavy atom. The summed E-state index contributed by atoms with van der Waals surface area (Å²) >= 11 is 0. The molecule has 0 aliphatic carbocycles. The minimum absolute atomic E-state index is 0.0235. The maximum Gasteiger partial charge on any atom is 0.259 e. The van der Waals surface area contributed by atoms with E-state index in [0.29, 0.717) is 5.56 Å². The third kappa shape index (κ3) is 2.87. The summed E-state index contributed by atoms with van der Waals surface area (Å²) in [5.41, 5.74) is 2.50. The maximum atomic E-state index is 13.1. The first-order valence-electron chi connectivity index (χ1n) is 8.05. The average molecular weight is 307 g/mol. The first-order valence-corrected chi connectivity index (χ1v) is 8.05. The SMILES string of the molecule is CCCC(C)n1c(=O)c(-c2ccc(O)cc2)cc2ccccc21. The molecule has 0 saturated carbocycles. The largest absolute Gasteiger partial charge is 0.508 e. The summed E-state index contributed by atoms with van der Waals surface area (Å²) in [5.74, 6) is 0.203. The van der Waals surface area contributed by atoms with Crippen LogP contribution in [0.1, 0.15) is 32.7 Å². The van der Waals surface area contributed by atoms with E-state index in [1.54, 1.807) is 24.3 Å². The molecular formula is C20H21NO2. The molecule has 0 fully saturated rings. The number of hydrogen-bond acceptors (Lipinski definition) is 2. The van der Waals surface area contributed by atoms with Crippen LogP contribution in [0.15, 0.2) is 59.4 Å². The maximum absolute atomic E-state index is 13.1. The molecule has 0 radical (unpaired) electrons. The predicted octanol–water partition coefficient (Wildman–Crippen LogP) is 4.74. The number of aromatic hydroxyl groups is 1. The Balaban J connectivity index is 2.29. The fourth-order valence-electron chi connectivity index (χ4n) is 3.12. The van der Waals surface area contributed by atoms with Crippen molar-refractivity contribution >= 4 is 10.9 Å². The van der Waals surface area contributed by atoms with Crippen LogP contribution in [-0.4, -0.2) is 9.67 Å². The Morgan fingerprint density at radius 3 is 2.48 bits per heavy atom. The minimum Gasteiger partial charge on any atom is -0.508 e. The molecule has 0 aliphatic heterocycles. The molecule has 0 bridgehead atoms. The van der Waals surface area contributed by atoms with E-state index in [9.17, 15) is 9.90 Å². The highest BCUT2D eigenvalue weighted by Gasteiger charge is 2.14. The summed E-state index contributed by atoms with van der Waals surface area (Å²) in [5, 5.41) is 10.5. The summed E-state index contributed by atoms with van der Waals surface area (Å²) in [4.78, 5) is 13.1. The molecule has 0 saturated heterocycles. The van der Waals surface area contributed by atoms with Crippen molar-refractivity contribution in [2.24, 2.45) is 0 Å². The van der Waals surface area contributed by atoms with Gasteiger partial charge in [0.25, 0.3) is 5.56 Å². The van der Waals surface area contributed by atoms with E-state index in [2.05, 4.69) is 13.8 Å². The first kappa shape index (κ1) is 15.3. The molecule has 1 unspecified atom stereocenters. The molecule has 3 rings (SSSR count). The Hall–Kier alpha value is -2.55. The second kappa shape index (κ2) is 6.29. The van der Waals surface area contributed by atoms with Crippen LogP contribution in [-0.2, 0) is 0 Å². The van der Waals surface area contributed by atoms with Gasteiger partial charge in [-0.2, -0.15) is 0 Å². The van der Waals surface area contributed by atoms with Gasteiger partial charge in [-0.25, -0.2) is 0 Å². The number of fused-ring (bicyclic) bond motifs is 1. The summed E-state index contributed by atoms with van der Waals surface area (Å²) < 4.78 is 1.90. The second-order valence-electron chi connectivity index (χ2n) is 5.98. The molecule has 0 amide bonds. The van der Waals surface area contributed by atoms with Crippen LogP contribution in [0, 0.1) is 0 Å². The number of para-hydroxylation sites is 1. The lowest BCUT2D eigenvalue weighted by Crippen LogP contribution is -2.25. The Morgan fingerprint density at radius 2 is 1.78 bits per heavy atom. The molecule has 3 aromatic rings. The molecule has 3 heteroatoms. The molecule has 1 N–H and O–H groups in total. The van der Waals surface area contributed by atoms with Gasteiger partial charge < -0.3 is 9.67 Å². The normalized spacial score (nSPS) is 12.4. The molecule has 23 heavy (non-hydrogen) atoms. The number of phenolic OH excluding ortho intramolecular Hbond substituents is 1. The number of benzene rings is 2. The summed E-state index contributed by atoms with van der Waals surface area (Å²) in [6, 6.07) is 16.9. The van der Waals surface area contributed by atoms with Crippen LogP contribution in [0.2, 0.25) is 0 Å². The van der Waals surface area contributed by atoms with Gasteiger partial charge >= 0.3 is 0 Å². The van der Waals surface area contributed by atoms with E-state index in [0.717, 1.165) is 29.3 Å². The van der Waals surface area contributed by atoms with Crippen molar-refractivity contribution in [3.8, 4) is 16.9 Å². The number of nitrogens with zero attached hydrogens (tertiary/aromatic N) is 1. The first-order chi connectivity index (χ1) is 11.1. The van der Waals surface area contributed by atoms with Crippen LogP contribution < -0.4 is 5.56 Å². The molecule has 1 atom stereocenters. The highest BCUT2D eigenvalue weighted by molar-refractivity contribution is 5.84. The molecule has 2 aromatic carbocycles. The highest BCUT2D eigenvalue weighted by Crippen LogP contribution is 2.25. The van der Waals surface area contributed by atoms with Crippen molar-refractivity contribution in [2.75, 3.05) is 0 Å². The number of hydrogen-bond donors (Lipinski definition) is 1. The zero-order valence-electron chi connectivity index (χ0n) is 13.5. The Bertz CT molecular complexity index is 878. The molecule has 118 valence electrons. The second-order valence-corrected chi connectivity index (χ2v) is 5.98. The van der Waals surface area contributed by atoms with Gasteiger partial charge in [0.1, 0.15) is 5.75 Å². The lowest BCUT2D eigenvalue weighted by Gasteiger charge is -2.19. The molecule has 0 aliphatic rings. The average Bonchev–Trinajstić information content (AvgIpc) is 2.55. The van der Waals surface area contributed by atoms with Crippen molar-refractivity contribution in [2.45, 2.75) is 32.7 Å². The quantitative estimate of drug-likeness (QED) is 0.756. The van der Waals surface area contributed by atoms with Gasteiger partial charge in [0.05, 0.1) is 5.52 Å². The Kier molecular flexibility index (Phi) is 4.20.